The number of benzene rings is 1. The summed E-state index contributed by atoms with van der Waals surface area (Å²) >= 11 is 11.9. The Morgan fingerprint density at radius 2 is 2.00 bits per heavy atom. The van der Waals surface area contributed by atoms with Crippen molar-refractivity contribution in [2.45, 2.75) is 6.54 Å². The Morgan fingerprint density at radius 1 is 1.26 bits per heavy atom. The van der Waals surface area contributed by atoms with Crippen LogP contribution in [0.3, 0.4) is 0 Å². The largest absolute Gasteiger partial charge is 0.383 e. The lowest BCUT2D eigenvalue weighted by atomic mass is 10.3. The molecule has 19 heavy (non-hydrogen) atoms. The number of halogens is 2. The van der Waals surface area contributed by atoms with E-state index in [9.17, 15) is 0 Å². The smallest absolute Gasteiger partial charge is 0.0969 e. The first-order valence-corrected chi connectivity index (χ1v) is 6.52. The fourth-order valence-corrected chi connectivity index (χ4v) is 2.08. The zero-order valence-electron chi connectivity index (χ0n) is 10.4. The van der Waals surface area contributed by atoms with Gasteiger partial charge in [0.05, 0.1) is 24.2 Å². The molecule has 5 nitrogen and oxygen atoms in total. The van der Waals surface area contributed by atoms with E-state index in [0.717, 1.165) is 17.9 Å². The van der Waals surface area contributed by atoms with E-state index >= 15 is 0 Å². The predicted octanol–water partition coefficient (Wildman–Crippen LogP) is 2.31. The molecule has 2 rings (SSSR count). The van der Waals surface area contributed by atoms with Crippen molar-refractivity contribution in [1.29, 1.82) is 0 Å². The topological polar surface area (TPSA) is 52.0 Å². The van der Waals surface area contributed by atoms with Crippen LogP contribution < -0.4 is 5.32 Å². The van der Waals surface area contributed by atoms with Crippen LogP contribution in [0.2, 0.25) is 10.0 Å². The normalized spacial score (nSPS) is 10.9. The molecule has 1 heterocycles. The van der Waals surface area contributed by atoms with Gasteiger partial charge in [0.1, 0.15) is 0 Å². The van der Waals surface area contributed by atoms with Crippen LogP contribution in [0.15, 0.2) is 24.4 Å². The maximum absolute atomic E-state index is 5.95. The molecule has 0 aliphatic rings. The zero-order chi connectivity index (χ0) is 13.7. The Balaban J connectivity index is 2.03. The van der Waals surface area contributed by atoms with Gasteiger partial charge in [0, 0.05) is 30.2 Å². The van der Waals surface area contributed by atoms with Crippen LogP contribution in [0.4, 0.5) is 0 Å². The average molecular weight is 301 g/mol. The molecular weight excluding hydrogens is 287 g/mol. The molecule has 0 amide bonds. The number of aromatic nitrogens is 3. The summed E-state index contributed by atoms with van der Waals surface area (Å²) in [6.07, 6.45) is 1.84. The summed E-state index contributed by atoms with van der Waals surface area (Å²) in [7, 11) is 1.67. The van der Waals surface area contributed by atoms with Gasteiger partial charge >= 0.3 is 0 Å². The van der Waals surface area contributed by atoms with Crippen molar-refractivity contribution in [2.24, 2.45) is 0 Å². The maximum Gasteiger partial charge on any atom is 0.0969 e. The first-order valence-electron chi connectivity index (χ1n) is 5.76. The number of hydrogen-bond acceptors (Lipinski definition) is 4. The van der Waals surface area contributed by atoms with E-state index in [-0.39, 0.29) is 0 Å². The third-order valence-corrected chi connectivity index (χ3v) is 2.88. The van der Waals surface area contributed by atoms with Gasteiger partial charge in [-0.05, 0) is 18.2 Å². The van der Waals surface area contributed by atoms with E-state index in [1.54, 1.807) is 30.0 Å². The Bertz CT molecular complexity index is 524. The molecule has 0 radical (unpaired) electrons. The highest BCUT2D eigenvalue weighted by Crippen LogP contribution is 2.21. The fraction of sp³-hybridized carbons (Fsp3) is 0.333. The third kappa shape index (κ3) is 4.18. The lowest BCUT2D eigenvalue weighted by molar-refractivity contribution is 0.199. The summed E-state index contributed by atoms with van der Waals surface area (Å²) in [5, 5.41) is 12.5. The summed E-state index contributed by atoms with van der Waals surface area (Å²) in [5.41, 5.74) is 1.63. The summed E-state index contributed by atoms with van der Waals surface area (Å²) in [5.74, 6) is 0. The summed E-state index contributed by atoms with van der Waals surface area (Å²) in [6, 6.07) is 5.24. The molecule has 0 aliphatic carbocycles. The molecule has 7 heteroatoms. The second-order valence-corrected chi connectivity index (χ2v) is 4.82. The minimum Gasteiger partial charge on any atom is -0.383 e. The van der Waals surface area contributed by atoms with Gasteiger partial charge in [-0.15, -0.1) is 5.10 Å². The number of nitrogens with zero attached hydrogens (tertiary/aromatic N) is 3. The molecule has 1 N–H and O–H groups in total. The SMILES string of the molecule is COCCNCc1cn(-c2cc(Cl)cc(Cl)c2)nn1. The van der Waals surface area contributed by atoms with E-state index in [4.69, 9.17) is 27.9 Å². The van der Waals surface area contributed by atoms with E-state index in [1.165, 1.54) is 0 Å². The monoisotopic (exact) mass is 300 g/mol. The van der Waals surface area contributed by atoms with Gasteiger partial charge in [-0.2, -0.15) is 0 Å². The average Bonchev–Trinajstić information content (AvgIpc) is 2.82. The summed E-state index contributed by atoms with van der Waals surface area (Å²) in [6.45, 7) is 2.07. The molecule has 0 spiro atoms. The molecule has 0 atom stereocenters. The number of ether oxygens (including phenoxy) is 1. The molecule has 102 valence electrons. The number of hydrogen-bond donors (Lipinski definition) is 1. The van der Waals surface area contributed by atoms with Gasteiger partial charge in [0.25, 0.3) is 0 Å². The molecule has 0 bridgehead atoms. The van der Waals surface area contributed by atoms with E-state index in [1.807, 2.05) is 6.20 Å². The number of nitrogens with one attached hydrogen (secondary N) is 1. The van der Waals surface area contributed by atoms with Gasteiger partial charge in [-0.1, -0.05) is 28.4 Å². The van der Waals surface area contributed by atoms with Crippen LogP contribution in [0.25, 0.3) is 5.69 Å². The first-order chi connectivity index (χ1) is 9.19. The Hall–Kier alpha value is -1.14. The van der Waals surface area contributed by atoms with Gasteiger partial charge in [-0.25, -0.2) is 4.68 Å². The van der Waals surface area contributed by atoms with Gasteiger partial charge in [0.2, 0.25) is 0 Å². The van der Waals surface area contributed by atoms with Crippen molar-refractivity contribution in [3.8, 4) is 5.69 Å². The standard InChI is InChI=1S/C12H14Cl2N4O/c1-19-3-2-15-7-11-8-18(17-16-11)12-5-9(13)4-10(14)6-12/h4-6,8,15H,2-3,7H2,1H3. The molecule has 0 fully saturated rings. The molecule has 2 aromatic rings. The highest BCUT2D eigenvalue weighted by Gasteiger charge is 2.04. The van der Waals surface area contributed by atoms with Crippen molar-refractivity contribution < 1.29 is 4.74 Å². The van der Waals surface area contributed by atoms with Crippen molar-refractivity contribution >= 4 is 23.2 Å². The van der Waals surface area contributed by atoms with Crippen LogP contribution in [0, 0.1) is 0 Å². The quantitative estimate of drug-likeness (QED) is 0.832. The van der Waals surface area contributed by atoms with E-state index < -0.39 is 0 Å². The number of rotatable bonds is 6. The minimum atomic E-state index is 0.567. The van der Waals surface area contributed by atoms with Crippen LogP contribution in [0.1, 0.15) is 5.69 Å². The molecule has 0 saturated carbocycles. The van der Waals surface area contributed by atoms with Crippen molar-refractivity contribution in [3.05, 3.63) is 40.1 Å². The Kier molecular flexibility index (Phi) is 5.15. The number of methoxy groups -OCH3 is 1. The molecule has 0 aliphatic heterocycles. The summed E-state index contributed by atoms with van der Waals surface area (Å²) in [4.78, 5) is 0. The maximum atomic E-state index is 5.95. The van der Waals surface area contributed by atoms with Crippen LogP contribution in [-0.4, -0.2) is 35.3 Å². The lowest BCUT2D eigenvalue weighted by Gasteiger charge is -2.02. The van der Waals surface area contributed by atoms with Crippen LogP contribution in [0.5, 0.6) is 0 Å². The van der Waals surface area contributed by atoms with Crippen molar-refractivity contribution in [2.75, 3.05) is 20.3 Å². The molecule has 0 saturated heterocycles. The van der Waals surface area contributed by atoms with E-state index in [2.05, 4.69) is 15.6 Å². The van der Waals surface area contributed by atoms with Gasteiger partial charge in [0.15, 0.2) is 0 Å². The molecule has 1 aromatic heterocycles. The highest BCUT2D eigenvalue weighted by atomic mass is 35.5. The molecular formula is C12H14Cl2N4O. The second kappa shape index (κ2) is 6.86. The molecule has 1 aromatic carbocycles. The first kappa shape index (κ1) is 14.3. The van der Waals surface area contributed by atoms with Crippen LogP contribution in [-0.2, 0) is 11.3 Å². The van der Waals surface area contributed by atoms with Crippen LogP contribution >= 0.6 is 23.2 Å². The van der Waals surface area contributed by atoms with Crippen molar-refractivity contribution in [3.63, 3.8) is 0 Å². The second-order valence-electron chi connectivity index (χ2n) is 3.95. The molecule has 0 unspecified atom stereocenters. The minimum absolute atomic E-state index is 0.567. The highest BCUT2D eigenvalue weighted by molar-refractivity contribution is 6.34. The fourth-order valence-electron chi connectivity index (χ4n) is 1.57. The van der Waals surface area contributed by atoms with E-state index in [0.29, 0.717) is 23.2 Å². The third-order valence-electron chi connectivity index (χ3n) is 2.44. The zero-order valence-corrected chi connectivity index (χ0v) is 11.9. The van der Waals surface area contributed by atoms with Crippen molar-refractivity contribution in [1.82, 2.24) is 20.3 Å². The lowest BCUT2D eigenvalue weighted by Crippen LogP contribution is -2.18. The van der Waals surface area contributed by atoms with Gasteiger partial charge < -0.3 is 10.1 Å². The Morgan fingerprint density at radius 3 is 2.68 bits per heavy atom. The van der Waals surface area contributed by atoms with Gasteiger partial charge in [-0.3, -0.25) is 0 Å². The Labute approximate surface area is 121 Å². The summed E-state index contributed by atoms with van der Waals surface area (Å²) < 4.78 is 6.59. The predicted molar refractivity (Wildman–Crippen MR) is 75.0 cm³/mol.